The van der Waals surface area contributed by atoms with E-state index in [1.807, 2.05) is 12.1 Å². The van der Waals surface area contributed by atoms with E-state index < -0.39 is 0 Å². The summed E-state index contributed by atoms with van der Waals surface area (Å²) in [5.41, 5.74) is 7.75. The van der Waals surface area contributed by atoms with Crippen molar-refractivity contribution in [2.45, 2.75) is 13.0 Å². The minimum absolute atomic E-state index is 0.391. The number of likely N-dealkylation sites (N-methyl/N-ethyl adjacent to an activating group) is 1. The van der Waals surface area contributed by atoms with Gasteiger partial charge in [0.2, 0.25) is 0 Å². The molecule has 0 aromatic heterocycles. The van der Waals surface area contributed by atoms with Gasteiger partial charge in [0.25, 0.3) is 0 Å². The number of benzene rings is 1. The largest absolute Gasteiger partial charge is 0.397 e. The maximum atomic E-state index is 5.92. The number of nitrogen functional groups attached to an aromatic ring is 1. The van der Waals surface area contributed by atoms with Crippen LogP contribution in [-0.4, -0.2) is 31.6 Å². The zero-order chi connectivity index (χ0) is 11.4. The summed E-state index contributed by atoms with van der Waals surface area (Å²) < 4.78 is 1.16. The number of nitrogens with zero attached hydrogens (tertiary/aromatic N) is 1. The molecule has 15 heavy (non-hydrogen) atoms. The summed E-state index contributed by atoms with van der Waals surface area (Å²) in [6.45, 7) is 3.14. The first kappa shape index (κ1) is 12.6. The lowest BCUT2D eigenvalue weighted by Crippen LogP contribution is -2.29. The summed E-state index contributed by atoms with van der Waals surface area (Å²) in [5.74, 6) is 0. The molecule has 0 saturated heterocycles. The summed E-state index contributed by atoms with van der Waals surface area (Å²) in [6, 6.07) is 6.46. The molecule has 0 heterocycles. The number of anilines is 2. The van der Waals surface area contributed by atoms with Crippen LogP contribution in [0.5, 0.6) is 0 Å². The van der Waals surface area contributed by atoms with Gasteiger partial charge in [-0.25, -0.2) is 0 Å². The Kier molecular flexibility index (Phi) is 4.66. The van der Waals surface area contributed by atoms with Crippen molar-refractivity contribution in [1.82, 2.24) is 4.90 Å². The minimum Gasteiger partial charge on any atom is -0.397 e. The third-order valence-electron chi connectivity index (χ3n) is 2.05. The Labute approximate surface area is 105 Å². The Morgan fingerprint density at radius 2 is 2.13 bits per heavy atom. The second-order valence-electron chi connectivity index (χ2n) is 4.04. The van der Waals surface area contributed by atoms with Gasteiger partial charge in [-0.1, -0.05) is 0 Å². The van der Waals surface area contributed by atoms with Gasteiger partial charge >= 0.3 is 0 Å². The van der Waals surface area contributed by atoms with E-state index in [-0.39, 0.29) is 0 Å². The van der Waals surface area contributed by atoms with Gasteiger partial charge in [0.15, 0.2) is 0 Å². The van der Waals surface area contributed by atoms with Crippen LogP contribution in [0.4, 0.5) is 11.4 Å². The molecule has 0 radical (unpaired) electrons. The van der Waals surface area contributed by atoms with E-state index >= 15 is 0 Å². The molecule has 0 amide bonds. The lowest BCUT2D eigenvalue weighted by atomic mass is 10.2. The SMILES string of the molecule is CC(CN(C)C)Nc1ccc(I)cc1N. The van der Waals surface area contributed by atoms with Gasteiger partial charge in [0, 0.05) is 16.2 Å². The number of nitrogens with one attached hydrogen (secondary N) is 1. The maximum Gasteiger partial charge on any atom is 0.0577 e. The molecule has 1 unspecified atom stereocenters. The van der Waals surface area contributed by atoms with E-state index in [1.165, 1.54) is 0 Å². The van der Waals surface area contributed by atoms with Crippen LogP contribution in [0.2, 0.25) is 0 Å². The van der Waals surface area contributed by atoms with Gasteiger partial charge in [-0.3, -0.25) is 0 Å². The summed E-state index contributed by atoms with van der Waals surface area (Å²) in [4.78, 5) is 2.15. The van der Waals surface area contributed by atoms with Crippen LogP contribution >= 0.6 is 22.6 Å². The number of hydrogen-bond donors (Lipinski definition) is 2. The first-order valence-electron chi connectivity index (χ1n) is 4.95. The van der Waals surface area contributed by atoms with Crippen molar-refractivity contribution in [1.29, 1.82) is 0 Å². The van der Waals surface area contributed by atoms with Crippen molar-refractivity contribution < 1.29 is 0 Å². The van der Waals surface area contributed by atoms with Crippen LogP contribution in [0.15, 0.2) is 18.2 Å². The van der Waals surface area contributed by atoms with Crippen LogP contribution in [0.25, 0.3) is 0 Å². The minimum atomic E-state index is 0.391. The molecule has 84 valence electrons. The third kappa shape index (κ3) is 4.25. The van der Waals surface area contributed by atoms with Crippen LogP contribution in [0.1, 0.15) is 6.92 Å². The van der Waals surface area contributed by atoms with Gasteiger partial charge in [0.05, 0.1) is 11.4 Å². The van der Waals surface area contributed by atoms with Gasteiger partial charge < -0.3 is 16.0 Å². The molecular weight excluding hydrogens is 301 g/mol. The number of nitrogens with two attached hydrogens (primary N) is 1. The second kappa shape index (κ2) is 5.55. The number of rotatable bonds is 4. The maximum absolute atomic E-state index is 5.92. The molecule has 1 atom stereocenters. The monoisotopic (exact) mass is 319 g/mol. The van der Waals surface area contributed by atoms with Crippen LogP contribution < -0.4 is 11.1 Å². The molecule has 0 fully saturated rings. The Hall–Kier alpha value is -0.490. The van der Waals surface area contributed by atoms with Crippen molar-refractivity contribution in [3.63, 3.8) is 0 Å². The molecule has 1 rings (SSSR count). The average molecular weight is 319 g/mol. The summed E-state index contributed by atoms with van der Waals surface area (Å²) in [5, 5.41) is 3.40. The van der Waals surface area contributed by atoms with Crippen molar-refractivity contribution >= 4 is 34.0 Å². The smallest absolute Gasteiger partial charge is 0.0577 e. The molecule has 0 aliphatic heterocycles. The third-order valence-corrected chi connectivity index (χ3v) is 2.73. The normalized spacial score (nSPS) is 12.9. The second-order valence-corrected chi connectivity index (χ2v) is 5.28. The fourth-order valence-corrected chi connectivity index (χ4v) is 2.04. The molecular formula is C11H18IN3. The molecule has 1 aromatic rings. The molecule has 0 spiro atoms. The van der Waals surface area contributed by atoms with Crippen molar-refractivity contribution in [3.8, 4) is 0 Å². The first-order chi connectivity index (χ1) is 6.99. The van der Waals surface area contributed by atoms with Gasteiger partial charge in [0.1, 0.15) is 0 Å². The van der Waals surface area contributed by atoms with E-state index in [0.29, 0.717) is 6.04 Å². The van der Waals surface area contributed by atoms with E-state index in [4.69, 9.17) is 5.73 Å². The van der Waals surface area contributed by atoms with E-state index in [2.05, 4.69) is 59.9 Å². The Bertz CT molecular complexity index is 326. The fourth-order valence-electron chi connectivity index (χ4n) is 1.52. The summed E-state index contributed by atoms with van der Waals surface area (Å²) >= 11 is 2.26. The average Bonchev–Trinajstić information content (AvgIpc) is 2.08. The van der Waals surface area contributed by atoms with Crippen molar-refractivity contribution in [2.24, 2.45) is 0 Å². The highest BCUT2D eigenvalue weighted by atomic mass is 127. The predicted octanol–water partition coefficient (Wildman–Crippen LogP) is 2.24. The van der Waals surface area contributed by atoms with Gasteiger partial charge in [-0.15, -0.1) is 0 Å². The highest BCUT2D eigenvalue weighted by Gasteiger charge is 2.05. The molecule has 0 saturated carbocycles. The molecule has 1 aromatic carbocycles. The Morgan fingerprint density at radius 3 is 2.67 bits per heavy atom. The zero-order valence-electron chi connectivity index (χ0n) is 9.42. The highest BCUT2D eigenvalue weighted by Crippen LogP contribution is 2.21. The Balaban J connectivity index is 2.64. The highest BCUT2D eigenvalue weighted by molar-refractivity contribution is 14.1. The predicted molar refractivity (Wildman–Crippen MR) is 75.2 cm³/mol. The van der Waals surface area contributed by atoms with Crippen molar-refractivity contribution in [2.75, 3.05) is 31.7 Å². The summed E-state index contributed by atoms with van der Waals surface area (Å²) in [6.07, 6.45) is 0. The molecule has 0 bridgehead atoms. The van der Waals surface area contributed by atoms with Crippen LogP contribution in [0.3, 0.4) is 0 Å². The van der Waals surface area contributed by atoms with Crippen LogP contribution in [0, 0.1) is 3.57 Å². The van der Waals surface area contributed by atoms with Crippen LogP contribution in [-0.2, 0) is 0 Å². The van der Waals surface area contributed by atoms with Gasteiger partial charge in [-0.2, -0.15) is 0 Å². The van der Waals surface area contributed by atoms with Crippen molar-refractivity contribution in [3.05, 3.63) is 21.8 Å². The molecule has 3 N–H and O–H groups in total. The lowest BCUT2D eigenvalue weighted by molar-refractivity contribution is 0.392. The standard InChI is InChI=1S/C11H18IN3/c1-8(7-15(2)3)14-11-5-4-9(12)6-10(11)13/h4-6,8,14H,7,13H2,1-3H3. The summed E-state index contributed by atoms with van der Waals surface area (Å²) in [7, 11) is 4.13. The zero-order valence-corrected chi connectivity index (χ0v) is 11.6. The number of hydrogen-bond acceptors (Lipinski definition) is 3. The molecule has 0 aliphatic carbocycles. The fraction of sp³-hybridized carbons (Fsp3) is 0.455. The van der Waals surface area contributed by atoms with E-state index in [1.54, 1.807) is 0 Å². The molecule has 4 heteroatoms. The Morgan fingerprint density at radius 1 is 1.47 bits per heavy atom. The molecule has 0 aliphatic rings. The molecule has 3 nitrogen and oxygen atoms in total. The van der Waals surface area contributed by atoms with Gasteiger partial charge in [-0.05, 0) is 61.8 Å². The first-order valence-corrected chi connectivity index (χ1v) is 6.03. The van der Waals surface area contributed by atoms with E-state index in [9.17, 15) is 0 Å². The lowest BCUT2D eigenvalue weighted by Gasteiger charge is -2.20. The number of halogens is 1. The quantitative estimate of drug-likeness (QED) is 0.661. The topological polar surface area (TPSA) is 41.3 Å². The van der Waals surface area contributed by atoms with E-state index in [0.717, 1.165) is 21.5 Å².